The zero-order valence-corrected chi connectivity index (χ0v) is 13.8. The Morgan fingerprint density at radius 1 is 1.28 bits per heavy atom. The fourth-order valence-electron chi connectivity index (χ4n) is 3.32. The number of hydrogen-bond acceptors (Lipinski definition) is 5. The maximum atomic E-state index is 12.5. The number of imide groups is 1. The van der Waals surface area contributed by atoms with Crippen LogP contribution in [0.25, 0.3) is 0 Å². The number of amides is 2. The van der Waals surface area contributed by atoms with Gasteiger partial charge >= 0.3 is 5.97 Å². The monoisotopic (exact) mass is 338 g/mol. The molecule has 3 atom stereocenters. The van der Waals surface area contributed by atoms with E-state index in [1.165, 1.54) is 6.92 Å². The molecule has 0 radical (unpaired) electrons. The molecule has 1 aromatic carbocycles. The van der Waals surface area contributed by atoms with Gasteiger partial charge in [0.25, 0.3) is 0 Å². The maximum absolute atomic E-state index is 12.5. The van der Waals surface area contributed by atoms with Gasteiger partial charge in [-0.25, -0.2) is 4.79 Å². The molecule has 0 unspecified atom stereocenters. The Balaban J connectivity index is 1.65. The number of nitriles is 1. The molecule has 6 heteroatoms. The molecule has 0 aromatic heterocycles. The molecule has 1 heterocycles. The third kappa shape index (κ3) is 3.18. The lowest BCUT2D eigenvalue weighted by molar-refractivity contribution is -0.159. The predicted octanol–water partition coefficient (Wildman–Crippen LogP) is 1.94. The van der Waals surface area contributed by atoms with Crippen LogP contribution in [0.3, 0.4) is 0 Å². The molecule has 128 valence electrons. The van der Waals surface area contributed by atoms with Gasteiger partial charge in [-0.1, -0.05) is 24.3 Å². The highest BCUT2D eigenvalue weighted by Crippen LogP contribution is 2.36. The van der Waals surface area contributed by atoms with E-state index in [1.54, 1.807) is 24.3 Å². The number of likely N-dealkylation sites (tertiary alicyclic amines) is 1. The maximum Gasteiger partial charge on any atom is 0.329 e. The Morgan fingerprint density at radius 2 is 1.92 bits per heavy atom. The van der Waals surface area contributed by atoms with Crippen LogP contribution in [-0.4, -0.2) is 28.7 Å². The second kappa shape index (κ2) is 6.89. The van der Waals surface area contributed by atoms with E-state index in [0.717, 1.165) is 4.90 Å². The molecule has 0 N–H and O–H groups in total. The summed E-state index contributed by atoms with van der Waals surface area (Å²) in [5.74, 6) is -1.94. The number of hydrogen-bond donors (Lipinski definition) is 0. The second-order valence-corrected chi connectivity index (χ2v) is 6.30. The van der Waals surface area contributed by atoms with Crippen molar-refractivity contribution in [3.8, 4) is 6.07 Å². The molecule has 0 saturated carbocycles. The quantitative estimate of drug-likeness (QED) is 0.476. The lowest BCUT2D eigenvalue weighted by atomic mass is 9.85. The average molecular weight is 338 g/mol. The summed E-state index contributed by atoms with van der Waals surface area (Å²) in [6.45, 7) is 1.50. The predicted molar refractivity (Wildman–Crippen MR) is 87.6 cm³/mol. The molecule has 0 spiro atoms. The molecule has 0 bridgehead atoms. The van der Waals surface area contributed by atoms with E-state index in [0.29, 0.717) is 24.0 Å². The van der Waals surface area contributed by atoms with Crippen LogP contribution in [0.5, 0.6) is 0 Å². The van der Waals surface area contributed by atoms with Gasteiger partial charge in [0.2, 0.25) is 11.8 Å². The lowest BCUT2D eigenvalue weighted by Gasteiger charge is -2.21. The lowest BCUT2D eigenvalue weighted by Crippen LogP contribution is -2.44. The fourth-order valence-corrected chi connectivity index (χ4v) is 3.32. The fraction of sp³-hybridized carbons (Fsp3) is 0.368. The van der Waals surface area contributed by atoms with E-state index in [2.05, 4.69) is 0 Å². The molecule has 1 fully saturated rings. The smallest absolute Gasteiger partial charge is 0.329 e. The summed E-state index contributed by atoms with van der Waals surface area (Å²) in [5, 5.41) is 8.89. The first-order valence-corrected chi connectivity index (χ1v) is 8.20. The number of esters is 1. The van der Waals surface area contributed by atoms with Crippen molar-refractivity contribution in [2.24, 2.45) is 11.8 Å². The second-order valence-electron chi connectivity index (χ2n) is 6.30. The summed E-state index contributed by atoms with van der Waals surface area (Å²) in [4.78, 5) is 38.3. The van der Waals surface area contributed by atoms with Gasteiger partial charge in [-0.05, 0) is 37.5 Å². The first-order valence-electron chi connectivity index (χ1n) is 8.20. The van der Waals surface area contributed by atoms with Crippen LogP contribution in [-0.2, 0) is 25.7 Å². The Hall–Kier alpha value is -2.94. The van der Waals surface area contributed by atoms with Crippen molar-refractivity contribution in [3.05, 3.63) is 47.5 Å². The standard InChI is InChI=1S/C19H18N2O4/c1-12(19(24)25-11-14-6-4-5-13(9-14)10-20)21-17(22)15-7-2-3-8-16(15)18(21)23/h2-6,9,12,15-16H,7-8,11H2,1H3/t12-,15-,16+/m1/s1. The highest BCUT2D eigenvalue weighted by atomic mass is 16.5. The number of carbonyl (C=O) groups is 3. The number of allylic oxidation sites excluding steroid dienone is 2. The van der Waals surface area contributed by atoms with Gasteiger partial charge in [-0.3, -0.25) is 14.5 Å². The number of benzene rings is 1. The number of ether oxygens (including phenoxy) is 1. The highest BCUT2D eigenvalue weighted by Gasteiger charge is 2.50. The Bertz CT molecular complexity index is 767. The van der Waals surface area contributed by atoms with Crippen LogP contribution in [0.2, 0.25) is 0 Å². The summed E-state index contributed by atoms with van der Waals surface area (Å²) in [5.41, 5.74) is 1.15. The minimum absolute atomic E-state index is 0.0106. The van der Waals surface area contributed by atoms with Crippen molar-refractivity contribution in [2.75, 3.05) is 0 Å². The highest BCUT2D eigenvalue weighted by molar-refractivity contribution is 6.08. The first kappa shape index (κ1) is 16.9. The van der Waals surface area contributed by atoms with Gasteiger partial charge in [-0.2, -0.15) is 5.26 Å². The molecule has 3 rings (SSSR count). The minimum atomic E-state index is -0.954. The van der Waals surface area contributed by atoms with Crippen LogP contribution in [0, 0.1) is 23.2 Å². The number of fused-ring (bicyclic) bond motifs is 1. The summed E-state index contributed by atoms with van der Waals surface area (Å²) < 4.78 is 5.24. The number of nitrogens with zero attached hydrogens (tertiary/aromatic N) is 2. The van der Waals surface area contributed by atoms with Gasteiger partial charge < -0.3 is 4.74 Å². The molecule has 6 nitrogen and oxygen atoms in total. The van der Waals surface area contributed by atoms with E-state index in [1.807, 2.05) is 18.2 Å². The first-order chi connectivity index (χ1) is 12.0. The normalized spacial score (nSPS) is 23.1. The molecule has 1 aliphatic heterocycles. The van der Waals surface area contributed by atoms with E-state index >= 15 is 0 Å². The third-order valence-corrected chi connectivity index (χ3v) is 4.71. The van der Waals surface area contributed by atoms with Crippen molar-refractivity contribution in [3.63, 3.8) is 0 Å². The van der Waals surface area contributed by atoms with Crippen molar-refractivity contribution in [1.82, 2.24) is 4.90 Å². The van der Waals surface area contributed by atoms with Gasteiger partial charge in [0.15, 0.2) is 0 Å². The molecule has 1 aliphatic carbocycles. The van der Waals surface area contributed by atoms with Crippen molar-refractivity contribution >= 4 is 17.8 Å². The van der Waals surface area contributed by atoms with Gasteiger partial charge in [0.05, 0.1) is 23.5 Å². The topological polar surface area (TPSA) is 87.5 Å². The number of carbonyl (C=O) groups excluding carboxylic acids is 3. The van der Waals surface area contributed by atoms with E-state index < -0.39 is 12.0 Å². The molecule has 2 aliphatic rings. The Morgan fingerprint density at radius 3 is 2.52 bits per heavy atom. The van der Waals surface area contributed by atoms with Crippen LogP contribution in [0.1, 0.15) is 30.9 Å². The average Bonchev–Trinajstić information content (AvgIpc) is 2.90. The van der Waals surface area contributed by atoms with E-state index in [9.17, 15) is 14.4 Å². The van der Waals surface area contributed by atoms with Crippen molar-refractivity contribution in [2.45, 2.75) is 32.4 Å². The van der Waals surface area contributed by atoms with Crippen molar-refractivity contribution < 1.29 is 19.1 Å². The zero-order valence-electron chi connectivity index (χ0n) is 13.8. The molecule has 1 aromatic rings. The molecule has 25 heavy (non-hydrogen) atoms. The Labute approximate surface area is 145 Å². The van der Waals surface area contributed by atoms with Gasteiger partial charge in [0.1, 0.15) is 12.6 Å². The van der Waals surface area contributed by atoms with Crippen LogP contribution in [0.4, 0.5) is 0 Å². The van der Waals surface area contributed by atoms with Crippen LogP contribution in [0.15, 0.2) is 36.4 Å². The Kier molecular flexibility index (Phi) is 4.66. The van der Waals surface area contributed by atoms with Gasteiger partial charge in [-0.15, -0.1) is 0 Å². The minimum Gasteiger partial charge on any atom is -0.459 e. The summed E-state index contributed by atoms with van der Waals surface area (Å²) in [6, 6.07) is 7.80. The van der Waals surface area contributed by atoms with Crippen LogP contribution >= 0.6 is 0 Å². The molecular formula is C19H18N2O4. The molecule has 2 amide bonds. The number of rotatable bonds is 4. The summed E-state index contributed by atoms with van der Waals surface area (Å²) in [7, 11) is 0. The summed E-state index contributed by atoms with van der Waals surface area (Å²) in [6.07, 6.45) is 4.88. The molecular weight excluding hydrogens is 320 g/mol. The largest absolute Gasteiger partial charge is 0.459 e. The SMILES string of the molecule is C[C@H](C(=O)OCc1cccc(C#N)c1)N1C(=O)[C@H]2CC=CC[C@H]2C1=O. The summed E-state index contributed by atoms with van der Waals surface area (Å²) >= 11 is 0. The third-order valence-electron chi connectivity index (χ3n) is 4.71. The van der Waals surface area contributed by atoms with E-state index in [-0.39, 0.29) is 30.3 Å². The molecule has 1 saturated heterocycles. The van der Waals surface area contributed by atoms with Crippen molar-refractivity contribution in [1.29, 1.82) is 5.26 Å². The van der Waals surface area contributed by atoms with E-state index in [4.69, 9.17) is 10.00 Å². The zero-order chi connectivity index (χ0) is 18.0. The van der Waals surface area contributed by atoms with Crippen LogP contribution < -0.4 is 0 Å². The van der Waals surface area contributed by atoms with Gasteiger partial charge in [0, 0.05) is 0 Å².